The minimum absolute atomic E-state index is 0.170. The first kappa shape index (κ1) is 56.6. The Morgan fingerprint density at radius 2 is 0.901 bits per heavy atom. The van der Waals surface area contributed by atoms with Crippen LogP contribution < -0.4 is 19.7 Å². The van der Waals surface area contributed by atoms with Crippen LogP contribution >= 0.6 is 15.9 Å². The summed E-state index contributed by atoms with van der Waals surface area (Å²) in [4.78, 5) is 81.4. The zero-order chi connectivity index (χ0) is 52.3. The van der Waals surface area contributed by atoms with Crippen LogP contribution in [0, 0.1) is 0 Å². The summed E-state index contributed by atoms with van der Waals surface area (Å²) < 4.78 is 30.5. The number of anilines is 2. The van der Waals surface area contributed by atoms with Gasteiger partial charge >= 0.3 is 36.2 Å². The number of nitrogens with zero attached hydrogens (tertiary/aromatic N) is 5. The minimum atomic E-state index is -0.571. The quantitative estimate of drug-likeness (QED) is 0.0953. The molecule has 2 heterocycles. The molecule has 0 spiro atoms. The molecule has 0 bridgehead atoms. The summed E-state index contributed by atoms with van der Waals surface area (Å²) in [7, 11) is 5.90. The first-order valence-electron chi connectivity index (χ1n) is 22.9. The van der Waals surface area contributed by atoms with E-state index < -0.39 is 17.2 Å². The molecule has 19 heteroatoms. The van der Waals surface area contributed by atoms with Gasteiger partial charge in [0.25, 0.3) is 0 Å². The van der Waals surface area contributed by atoms with Crippen LogP contribution in [0.3, 0.4) is 0 Å². The third-order valence-corrected chi connectivity index (χ3v) is 11.3. The van der Waals surface area contributed by atoms with Crippen molar-refractivity contribution >= 4 is 63.5 Å². The highest BCUT2D eigenvalue weighted by molar-refractivity contribution is 9.08. The maximum atomic E-state index is 13.6. The zero-order valence-electron chi connectivity index (χ0n) is 42.3. The molecule has 18 nitrogen and oxygen atoms in total. The lowest BCUT2D eigenvalue weighted by atomic mass is 10.1. The average molecular weight is 1050 g/mol. The molecule has 0 unspecified atom stereocenters. The largest absolute Gasteiger partial charge is 0.497 e. The Bertz CT molecular complexity index is 2360. The maximum Gasteiger partial charge on any atom is 0.410 e. The molecule has 0 saturated carbocycles. The van der Waals surface area contributed by atoms with Crippen molar-refractivity contribution in [2.45, 2.75) is 64.6 Å². The Kier molecular flexibility index (Phi) is 21.4. The van der Waals surface area contributed by atoms with Crippen molar-refractivity contribution in [1.82, 2.24) is 19.6 Å². The van der Waals surface area contributed by atoms with Crippen LogP contribution in [0.4, 0.5) is 30.6 Å². The van der Waals surface area contributed by atoms with E-state index in [2.05, 4.69) is 26.0 Å². The summed E-state index contributed by atoms with van der Waals surface area (Å²) in [6.07, 6.45) is -0.708. The molecule has 2 fully saturated rings. The van der Waals surface area contributed by atoms with E-state index in [1.165, 1.54) is 14.2 Å². The topological polar surface area (TPSA) is 186 Å². The summed E-state index contributed by atoms with van der Waals surface area (Å²) in [5.74, 6) is 0.715. The van der Waals surface area contributed by atoms with Crippen molar-refractivity contribution in [2.75, 3.05) is 91.0 Å². The van der Waals surface area contributed by atoms with E-state index in [4.69, 9.17) is 23.7 Å². The lowest BCUT2D eigenvalue weighted by Crippen LogP contribution is -2.54. The van der Waals surface area contributed by atoms with Crippen LogP contribution in [0.25, 0.3) is 0 Å². The molecular formula is C52H67BrN6O12. The van der Waals surface area contributed by atoms with Crippen molar-refractivity contribution in [2.24, 2.45) is 0 Å². The van der Waals surface area contributed by atoms with E-state index in [0.717, 1.165) is 22.2 Å². The molecule has 0 atom stereocenters. The van der Waals surface area contributed by atoms with Crippen LogP contribution in [0.2, 0.25) is 0 Å². The normalized spacial score (nSPS) is 13.5. The predicted octanol–water partition coefficient (Wildman–Crippen LogP) is 9.31. The number of amides is 6. The molecule has 0 aromatic heterocycles. The van der Waals surface area contributed by atoms with E-state index in [1.807, 2.05) is 65.8 Å². The smallest absolute Gasteiger partial charge is 0.410 e. The fraction of sp³-hybridized carbons (Fsp3) is 0.423. The summed E-state index contributed by atoms with van der Waals surface area (Å²) in [6.45, 7) is 14.8. The monoisotopic (exact) mass is 1050 g/mol. The Hall–Kier alpha value is -7.02. The van der Waals surface area contributed by atoms with Gasteiger partial charge in [0.05, 0.1) is 46.1 Å². The molecule has 384 valence electrons. The first-order valence-corrected chi connectivity index (χ1v) is 24.1. The lowest BCUT2D eigenvalue weighted by Gasteiger charge is -2.38. The number of nitrogens with one attached hydrogen (secondary N) is 1. The van der Waals surface area contributed by atoms with E-state index in [0.29, 0.717) is 87.2 Å². The van der Waals surface area contributed by atoms with Crippen LogP contribution in [-0.2, 0) is 30.8 Å². The third-order valence-electron chi connectivity index (χ3n) is 10.6. The van der Waals surface area contributed by atoms with Gasteiger partial charge in [-0.1, -0.05) is 40.2 Å². The number of hydrogen-bond acceptors (Lipinski definition) is 12. The van der Waals surface area contributed by atoms with Crippen molar-refractivity contribution < 1.29 is 57.2 Å². The molecule has 2 aliphatic heterocycles. The summed E-state index contributed by atoms with van der Waals surface area (Å²) >= 11 is 3.32. The van der Waals surface area contributed by atoms with Gasteiger partial charge < -0.3 is 53.3 Å². The van der Waals surface area contributed by atoms with Gasteiger partial charge in [-0.15, -0.1) is 0 Å². The highest BCUT2D eigenvalue weighted by Gasteiger charge is 2.31. The van der Waals surface area contributed by atoms with Gasteiger partial charge in [-0.3, -0.25) is 4.90 Å². The van der Waals surface area contributed by atoms with Gasteiger partial charge in [0.1, 0.15) is 22.7 Å². The Morgan fingerprint density at radius 1 is 0.521 bits per heavy atom. The Morgan fingerprint density at radius 3 is 1.28 bits per heavy atom. The molecule has 0 aliphatic carbocycles. The number of halogens is 1. The van der Waals surface area contributed by atoms with E-state index in [1.54, 1.807) is 112 Å². The molecule has 6 rings (SSSR count). The van der Waals surface area contributed by atoms with Gasteiger partial charge in [0, 0.05) is 69.1 Å². The first-order chi connectivity index (χ1) is 33.7. The van der Waals surface area contributed by atoms with Gasteiger partial charge in [0.2, 0.25) is 0 Å². The number of ether oxygens (including phenoxy) is 6. The Balaban J connectivity index is 0.000000261. The van der Waals surface area contributed by atoms with Crippen molar-refractivity contribution in [3.63, 3.8) is 0 Å². The van der Waals surface area contributed by atoms with Crippen LogP contribution in [0.5, 0.6) is 11.5 Å². The van der Waals surface area contributed by atoms with Crippen molar-refractivity contribution in [3.8, 4) is 11.5 Å². The standard InChI is InChI=1S/C26H33N3O6.C17H25N3O4.C9H9BrO2/c1-26(2,3)35-25(32)28-16-14-27(15-17-28)24(31)29(21-10-12-22(33-4)13-11-21)18-19-6-8-20(9-7-19)23(30)34-5;1-17(2,3)24-16(22)20-11-9-19(10-12-20)15(21)18-13-5-7-14(23-4)8-6-13;1-12-9(11)8-4-2-7(6-10)3-5-8/h6-13H,14-18H2,1-5H3;5-8H,9-12H2,1-4H3,(H,18,21);2-5H,6H2,1H3. The Labute approximate surface area is 425 Å². The fourth-order valence-corrected chi connectivity index (χ4v) is 7.17. The van der Waals surface area contributed by atoms with Crippen LogP contribution in [-0.4, -0.2) is 148 Å². The molecule has 2 saturated heterocycles. The number of rotatable bonds is 9. The zero-order valence-corrected chi connectivity index (χ0v) is 43.9. The number of alkyl halides is 1. The van der Waals surface area contributed by atoms with Crippen LogP contribution in [0.1, 0.15) is 73.4 Å². The second-order valence-electron chi connectivity index (χ2n) is 18.1. The van der Waals surface area contributed by atoms with Gasteiger partial charge in [-0.05, 0) is 125 Å². The second kappa shape index (κ2) is 26.8. The number of methoxy groups -OCH3 is 4. The van der Waals surface area contributed by atoms with Gasteiger partial charge in [-0.25, -0.2) is 28.8 Å². The summed E-state index contributed by atoms with van der Waals surface area (Å²) in [5, 5.41) is 3.64. The van der Waals surface area contributed by atoms with Crippen molar-refractivity contribution in [1.29, 1.82) is 0 Å². The SMILES string of the molecule is COC(=O)c1ccc(CBr)cc1.COC(=O)c1ccc(CN(C(=O)N2CCN(C(=O)OC(C)(C)C)CC2)c2ccc(OC)cc2)cc1.COc1ccc(NC(=O)N2CCN(C(=O)OC(C)(C)C)CC2)cc1. The van der Waals surface area contributed by atoms with Crippen LogP contribution in [0.15, 0.2) is 97.1 Å². The highest BCUT2D eigenvalue weighted by Crippen LogP contribution is 2.24. The molecule has 71 heavy (non-hydrogen) atoms. The average Bonchev–Trinajstić information content (AvgIpc) is 3.37. The minimum Gasteiger partial charge on any atom is -0.497 e. The molecule has 2 aliphatic rings. The molecule has 1 N–H and O–H groups in total. The fourth-order valence-electron chi connectivity index (χ4n) is 6.80. The second-order valence-corrected chi connectivity index (χ2v) is 18.7. The maximum absolute atomic E-state index is 13.6. The molecule has 6 amide bonds. The molecule has 4 aromatic rings. The number of urea groups is 2. The number of hydrogen-bond donors (Lipinski definition) is 1. The number of carbonyl (C=O) groups excluding carboxylic acids is 6. The number of benzene rings is 4. The van der Waals surface area contributed by atoms with Crippen molar-refractivity contribution in [3.05, 3.63) is 119 Å². The number of carbonyl (C=O) groups is 6. The van der Waals surface area contributed by atoms with Gasteiger partial charge in [-0.2, -0.15) is 0 Å². The predicted molar refractivity (Wildman–Crippen MR) is 274 cm³/mol. The summed E-state index contributed by atoms with van der Waals surface area (Å²) in [5.41, 5.74) is 3.35. The van der Waals surface area contributed by atoms with E-state index in [-0.39, 0.29) is 30.2 Å². The lowest BCUT2D eigenvalue weighted by molar-refractivity contribution is 0.0165. The number of esters is 2. The number of piperazine rings is 2. The van der Waals surface area contributed by atoms with E-state index >= 15 is 0 Å². The third kappa shape index (κ3) is 18.3. The van der Waals surface area contributed by atoms with E-state index in [9.17, 15) is 28.8 Å². The van der Waals surface area contributed by atoms with Gasteiger partial charge in [0.15, 0.2) is 0 Å². The molecule has 0 radical (unpaired) electrons. The summed E-state index contributed by atoms with van der Waals surface area (Å²) in [6, 6.07) is 28.3. The highest BCUT2D eigenvalue weighted by atomic mass is 79.9. The molecular weight excluding hydrogens is 981 g/mol. The molecule has 4 aromatic carbocycles.